The molecule has 0 amide bonds. The van der Waals surface area contributed by atoms with Gasteiger partial charge < -0.3 is 10.8 Å². The molecule has 3 nitrogen and oxygen atoms in total. The second-order valence-corrected chi connectivity index (χ2v) is 5.52. The molecular weight excluding hydrogens is 262 g/mol. The van der Waals surface area contributed by atoms with E-state index in [4.69, 9.17) is 5.73 Å². The third-order valence-corrected chi connectivity index (χ3v) is 3.86. The zero-order chi connectivity index (χ0) is 13.3. The zero-order valence-corrected chi connectivity index (χ0v) is 12.2. The Bertz CT molecular complexity index is 448. The average molecular weight is 284 g/mol. The summed E-state index contributed by atoms with van der Waals surface area (Å²) in [5, 5.41) is 10.1. The minimum atomic E-state index is -0.453. The van der Waals surface area contributed by atoms with Gasteiger partial charge in [-0.2, -0.15) is 0 Å². The van der Waals surface area contributed by atoms with Crippen LogP contribution in [0.4, 0.5) is 0 Å². The molecule has 0 fully saturated rings. The fourth-order valence-electron chi connectivity index (χ4n) is 2.63. The van der Waals surface area contributed by atoms with Crippen LogP contribution in [0.15, 0.2) is 24.3 Å². The summed E-state index contributed by atoms with van der Waals surface area (Å²) >= 11 is 0. The number of ketones is 1. The molecule has 1 aliphatic rings. The van der Waals surface area contributed by atoms with Gasteiger partial charge in [0.2, 0.25) is 0 Å². The lowest BCUT2D eigenvalue weighted by atomic mass is 9.89. The summed E-state index contributed by atoms with van der Waals surface area (Å²) in [6, 6.07) is 7.52. The number of rotatable bonds is 4. The number of Topliss-reactive ketones (excluding diaryl/α,β-unsaturated/α-hetero) is 1. The average Bonchev–Trinajstić information content (AvgIpc) is 2.65. The van der Waals surface area contributed by atoms with Crippen LogP contribution in [0.25, 0.3) is 0 Å². The van der Waals surface area contributed by atoms with Crippen molar-refractivity contribution in [3.63, 3.8) is 0 Å². The molecule has 0 saturated carbocycles. The highest BCUT2D eigenvalue weighted by molar-refractivity contribution is 5.85. The second-order valence-electron chi connectivity index (χ2n) is 5.52. The molecule has 0 radical (unpaired) electrons. The minimum absolute atomic E-state index is 0. The molecule has 2 rings (SSSR count). The van der Waals surface area contributed by atoms with Gasteiger partial charge in [0.05, 0.1) is 12.1 Å². The molecular formula is C15H22ClNO2. The van der Waals surface area contributed by atoms with Crippen LogP contribution in [0.1, 0.15) is 37.3 Å². The number of carbonyl (C=O) groups excluding carboxylic acids is 1. The SMILES string of the molecule is CC(C)[C@@H](N)C(=O)C[C@H]1c2ccccc2C[C@H]1O.Cl. The Kier molecular flexibility index (Phi) is 5.53. The molecule has 0 aromatic heterocycles. The monoisotopic (exact) mass is 283 g/mol. The van der Waals surface area contributed by atoms with Gasteiger partial charge in [-0.15, -0.1) is 12.4 Å². The number of aliphatic hydroxyl groups excluding tert-OH is 1. The van der Waals surface area contributed by atoms with E-state index >= 15 is 0 Å². The summed E-state index contributed by atoms with van der Waals surface area (Å²) in [5.41, 5.74) is 8.13. The van der Waals surface area contributed by atoms with Crippen molar-refractivity contribution in [3.05, 3.63) is 35.4 Å². The largest absolute Gasteiger partial charge is 0.392 e. The standard InChI is InChI=1S/C15H21NO2.ClH/c1-9(2)15(16)14(18)8-12-11-6-4-3-5-10(11)7-13(12)17;/h3-6,9,12-13,15,17H,7-8,16H2,1-2H3;1H/t12-,13+,15+;/m0./s1. The smallest absolute Gasteiger partial charge is 0.150 e. The molecule has 0 unspecified atom stereocenters. The zero-order valence-electron chi connectivity index (χ0n) is 11.4. The van der Waals surface area contributed by atoms with Crippen LogP contribution in [-0.4, -0.2) is 23.0 Å². The number of benzene rings is 1. The molecule has 1 aromatic carbocycles. The number of hydrogen-bond acceptors (Lipinski definition) is 3. The lowest BCUT2D eigenvalue weighted by Crippen LogP contribution is -2.37. The van der Waals surface area contributed by atoms with Crippen molar-refractivity contribution in [2.75, 3.05) is 0 Å². The Morgan fingerprint density at radius 1 is 1.42 bits per heavy atom. The number of hydrogen-bond donors (Lipinski definition) is 2. The molecule has 3 N–H and O–H groups in total. The van der Waals surface area contributed by atoms with Crippen LogP contribution in [0, 0.1) is 5.92 Å². The summed E-state index contributed by atoms with van der Waals surface area (Å²) in [4.78, 5) is 12.1. The minimum Gasteiger partial charge on any atom is -0.392 e. The quantitative estimate of drug-likeness (QED) is 0.889. The van der Waals surface area contributed by atoms with Gasteiger partial charge in [0, 0.05) is 12.3 Å². The molecule has 0 bridgehead atoms. The number of nitrogens with two attached hydrogens (primary N) is 1. The van der Waals surface area contributed by atoms with E-state index in [1.54, 1.807) is 0 Å². The molecule has 1 aliphatic carbocycles. The molecule has 106 valence electrons. The molecule has 0 spiro atoms. The van der Waals surface area contributed by atoms with Crippen molar-refractivity contribution in [2.45, 2.75) is 44.8 Å². The van der Waals surface area contributed by atoms with E-state index in [2.05, 4.69) is 0 Å². The molecule has 0 aliphatic heterocycles. The Morgan fingerprint density at radius 2 is 2.05 bits per heavy atom. The fraction of sp³-hybridized carbons (Fsp3) is 0.533. The van der Waals surface area contributed by atoms with Gasteiger partial charge in [0.25, 0.3) is 0 Å². The highest BCUT2D eigenvalue weighted by Crippen LogP contribution is 2.36. The Hall–Kier alpha value is -0.900. The number of fused-ring (bicyclic) bond motifs is 1. The molecule has 0 saturated heterocycles. The first-order valence-corrected chi connectivity index (χ1v) is 6.55. The van der Waals surface area contributed by atoms with E-state index in [9.17, 15) is 9.90 Å². The van der Waals surface area contributed by atoms with E-state index in [1.165, 1.54) is 0 Å². The van der Waals surface area contributed by atoms with Crippen LogP contribution in [0.5, 0.6) is 0 Å². The normalized spacial score (nSPS) is 22.8. The number of carbonyl (C=O) groups is 1. The van der Waals surface area contributed by atoms with Crippen molar-refractivity contribution in [1.82, 2.24) is 0 Å². The topological polar surface area (TPSA) is 63.3 Å². The van der Waals surface area contributed by atoms with Crippen LogP contribution in [-0.2, 0) is 11.2 Å². The van der Waals surface area contributed by atoms with Crippen molar-refractivity contribution >= 4 is 18.2 Å². The third-order valence-electron chi connectivity index (χ3n) is 3.86. The second kappa shape index (κ2) is 6.51. The summed E-state index contributed by atoms with van der Waals surface area (Å²) in [7, 11) is 0. The van der Waals surface area contributed by atoms with Crippen molar-refractivity contribution < 1.29 is 9.90 Å². The van der Waals surface area contributed by atoms with E-state index in [1.807, 2.05) is 38.1 Å². The van der Waals surface area contributed by atoms with Crippen LogP contribution in [0.3, 0.4) is 0 Å². The van der Waals surface area contributed by atoms with Gasteiger partial charge in [-0.3, -0.25) is 4.79 Å². The van der Waals surface area contributed by atoms with Gasteiger partial charge >= 0.3 is 0 Å². The Balaban J connectivity index is 0.00000180. The fourth-order valence-corrected chi connectivity index (χ4v) is 2.63. The van der Waals surface area contributed by atoms with Gasteiger partial charge in [-0.1, -0.05) is 38.1 Å². The first-order valence-electron chi connectivity index (χ1n) is 6.55. The van der Waals surface area contributed by atoms with E-state index < -0.39 is 12.1 Å². The predicted molar refractivity (Wildman–Crippen MR) is 78.6 cm³/mol. The number of aliphatic hydroxyl groups is 1. The van der Waals surface area contributed by atoms with E-state index in [-0.39, 0.29) is 30.0 Å². The summed E-state index contributed by atoms with van der Waals surface area (Å²) in [6.45, 7) is 3.89. The van der Waals surface area contributed by atoms with Crippen LogP contribution < -0.4 is 5.73 Å². The molecule has 4 heteroatoms. The molecule has 1 aromatic rings. The maximum atomic E-state index is 12.1. The molecule has 0 heterocycles. The first-order chi connectivity index (χ1) is 8.50. The highest BCUT2D eigenvalue weighted by Gasteiger charge is 2.33. The first kappa shape index (κ1) is 16.2. The van der Waals surface area contributed by atoms with Crippen LogP contribution >= 0.6 is 12.4 Å². The van der Waals surface area contributed by atoms with Gasteiger partial charge in [-0.25, -0.2) is 0 Å². The maximum Gasteiger partial charge on any atom is 0.150 e. The van der Waals surface area contributed by atoms with E-state index in [0.29, 0.717) is 12.8 Å². The lowest BCUT2D eigenvalue weighted by Gasteiger charge is -2.19. The van der Waals surface area contributed by atoms with Crippen molar-refractivity contribution in [2.24, 2.45) is 11.7 Å². The summed E-state index contributed by atoms with van der Waals surface area (Å²) < 4.78 is 0. The highest BCUT2D eigenvalue weighted by atomic mass is 35.5. The molecule has 3 atom stereocenters. The Morgan fingerprint density at radius 3 is 2.68 bits per heavy atom. The van der Waals surface area contributed by atoms with Gasteiger partial charge in [-0.05, 0) is 23.5 Å². The van der Waals surface area contributed by atoms with Gasteiger partial charge in [0.1, 0.15) is 5.78 Å². The number of halogens is 1. The van der Waals surface area contributed by atoms with Crippen molar-refractivity contribution in [1.29, 1.82) is 0 Å². The van der Waals surface area contributed by atoms with Gasteiger partial charge in [0.15, 0.2) is 0 Å². The molecule has 19 heavy (non-hydrogen) atoms. The van der Waals surface area contributed by atoms with Crippen molar-refractivity contribution in [3.8, 4) is 0 Å². The third kappa shape index (κ3) is 3.35. The summed E-state index contributed by atoms with van der Waals surface area (Å²) in [5.74, 6) is 0.107. The summed E-state index contributed by atoms with van der Waals surface area (Å²) in [6.07, 6.45) is 0.536. The maximum absolute atomic E-state index is 12.1. The Labute approximate surface area is 120 Å². The predicted octanol–water partition coefficient (Wildman–Crippen LogP) is 2.05. The van der Waals surface area contributed by atoms with Crippen LogP contribution in [0.2, 0.25) is 0 Å². The van der Waals surface area contributed by atoms with E-state index in [0.717, 1.165) is 11.1 Å². The lowest BCUT2D eigenvalue weighted by molar-refractivity contribution is -0.122.